The maximum Gasteiger partial charge on any atom is 0.325 e. The summed E-state index contributed by atoms with van der Waals surface area (Å²) in [6, 6.07) is -2.21. The number of carbonyl (C=O) groups excluding carboxylic acids is 2. The summed E-state index contributed by atoms with van der Waals surface area (Å²) in [5.41, 5.74) is 5.95. The first-order valence-electron chi connectivity index (χ1n) is 7.38. The van der Waals surface area contributed by atoms with Gasteiger partial charge in [0.15, 0.2) is 0 Å². The Labute approximate surface area is 124 Å². The highest BCUT2D eigenvalue weighted by atomic mass is 16.4. The van der Waals surface area contributed by atoms with Gasteiger partial charge in [-0.15, -0.1) is 0 Å². The van der Waals surface area contributed by atoms with Gasteiger partial charge in [-0.25, -0.2) is 0 Å². The number of carboxylic acids is 1. The van der Waals surface area contributed by atoms with E-state index in [4.69, 9.17) is 10.8 Å². The van der Waals surface area contributed by atoms with E-state index in [0.717, 1.165) is 12.8 Å². The van der Waals surface area contributed by atoms with Crippen LogP contribution >= 0.6 is 0 Å². The van der Waals surface area contributed by atoms with Gasteiger partial charge in [-0.1, -0.05) is 20.3 Å². The average Bonchev–Trinajstić information content (AvgIpc) is 2.93. The molecule has 4 N–H and O–H groups in total. The molecule has 2 amide bonds. The number of likely N-dealkylation sites (tertiary alicyclic amines) is 1. The monoisotopic (exact) mass is 299 g/mol. The first-order valence-corrected chi connectivity index (χ1v) is 7.38. The van der Waals surface area contributed by atoms with Crippen molar-refractivity contribution in [2.75, 3.05) is 6.54 Å². The molecule has 0 aromatic rings. The maximum atomic E-state index is 12.4. The summed E-state index contributed by atoms with van der Waals surface area (Å²) in [6.45, 7) is 5.75. The van der Waals surface area contributed by atoms with E-state index in [1.165, 1.54) is 11.8 Å². The molecule has 1 aliphatic rings. The summed E-state index contributed by atoms with van der Waals surface area (Å²) in [6.07, 6.45) is 2.04. The van der Waals surface area contributed by atoms with E-state index in [1.54, 1.807) is 0 Å². The predicted molar refractivity (Wildman–Crippen MR) is 77.4 cm³/mol. The second-order valence-corrected chi connectivity index (χ2v) is 5.67. The van der Waals surface area contributed by atoms with Gasteiger partial charge in [-0.05, 0) is 25.7 Å². The van der Waals surface area contributed by atoms with E-state index in [1.807, 2.05) is 13.8 Å². The van der Waals surface area contributed by atoms with Crippen molar-refractivity contribution in [3.63, 3.8) is 0 Å². The minimum absolute atomic E-state index is 0.0414. The number of nitrogens with zero attached hydrogens (tertiary/aromatic N) is 1. The van der Waals surface area contributed by atoms with Crippen LogP contribution in [0.15, 0.2) is 0 Å². The van der Waals surface area contributed by atoms with Gasteiger partial charge in [0.25, 0.3) is 0 Å². The van der Waals surface area contributed by atoms with Crippen LogP contribution in [0.4, 0.5) is 0 Å². The summed E-state index contributed by atoms with van der Waals surface area (Å²) < 4.78 is 0. The Morgan fingerprint density at radius 1 is 1.38 bits per heavy atom. The number of aliphatic carboxylic acids is 1. The smallest absolute Gasteiger partial charge is 0.325 e. The van der Waals surface area contributed by atoms with E-state index >= 15 is 0 Å². The molecule has 21 heavy (non-hydrogen) atoms. The van der Waals surface area contributed by atoms with Crippen molar-refractivity contribution in [2.24, 2.45) is 11.7 Å². The van der Waals surface area contributed by atoms with Crippen LogP contribution in [0, 0.1) is 5.92 Å². The van der Waals surface area contributed by atoms with E-state index in [-0.39, 0.29) is 11.8 Å². The molecule has 0 bridgehead atoms. The maximum absolute atomic E-state index is 12.4. The van der Waals surface area contributed by atoms with Gasteiger partial charge in [0.1, 0.15) is 12.1 Å². The molecule has 1 saturated heterocycles. The van der Waals surface area contributed by atoms with Gasteiger partial charge in [0.05, 0.1) is 6.04 Å². The van der Waals surface area contributed by atoms with E-state index < -0.39 is 30.0 Å². The molecule has 120 valence electrons. The lowest BCUT2D eigenvalue weighted by Gasteiger charge is -2.29. The third-order valence-corrected chi connectivity index (χ3v) is 4.11. The second kappa shape index (κ2) is 7.40. The van der Waals surface area contributed by atoms with Crippen LogP contribution in [0.5, 0.6) is 0 Å². The molecule has 1 heterocycles. The van der Waals surface area contributed by atoms with Crippen molar-refractivity contribution in [1.29, 1.82) is 0 Å². The van der Waals surface area contributed by atoms with Crippen LogP contribution in [0.25, 0.3) is 0 Å². The topological polar surface area (TPSA) is 113 Å². The van der Waals surface area contributed by atoms with E-state index in [0.29, 0.717) is 13.0 Å². The number of nitrogens with two attached hydrogens (primary N) is 1. The Balaban J connectivity index is 2.72. The molecule has 0 spiro atoms. The molecule has 7 heteroatoms. The molecular formula is C14H25N3O4. The number of carboxylic acid groups (broad SMARTS) is 1. The molecule has 4 unspecified atom stereocenters. The highest BCUT2D eigenvalue weighted by Crippen LogP contribution is 2.20. The van der Waals surface area contributed by atoms with Crippen molar-refractivity contribution < 1.29 is 19.5 Å². The minimum Gasteiger partial charge on any atom is -0.480 e. The van der Waals surface area contributed by atoms with Crippen molar-refractivity contribution in [1.82, 2.24) is 10.2 Å². The molecular weight excluding hydrogens is 274 g/mol. The number of rotatable bonds is 6. The van der Waals surface area contributed by atoms with E-state index in [9.17, 15) is 14.4 Å². The van der Waals surface area contributed by atoms with Gasteiger partial charge in [-0.2, -0.15) is 0 Å². The van der Waals surface area contributed by atoms with Gasteiger partial charge in [-0.3, -0.25) is 14.4 Å². The summed E-state index contributed by atoms with van der Waals surface area (Å²) in [7, 11) is 0. The van der Waals surface area contributed by atoms with Gasteiger partial charge in [0.2, 0.25) is 11.8 Å². The lowest BCUT2D eigenvalue weighted by atomic mass is 9.98. The molecule has 1 rings (SSSR count). The van der Waals surface area contributed by atoms with Crippen LogP contribution in [-0.4, -0.2) is 52.5 Å². The third kappa shape index (κ3) is 4.17. The Hall–Kier alpha value is -1.63. The molecule has 0 radical (unpaired) electrons. The van der Waals surface area contributed by atoms with Gasteiger partial charge >= 0.3 is 5.97 Å². The van der Waals surface area contributed by atoms with Gasteiger partial charge < -0.3 is 21.1 Å². The second-order valence-electron chi connectivity index (χ2n) is 5.67. The Bertz CT molecular complexity index is 413. The molecule has 0 aromatic heterocycles. The van der Waals surface area contributed by atoms with Crippen LogP contribution in [0.2, 0.25) is 0 Å². The van der Waals surface area contributed by atoms with Gasteiger partial charge in [0, 0.05) is 6.54 Å². The average molecular weight is 299 g/mol. The number of hydrogen-bond acceptors (Lipinski definition) is 4. The fourth-order valence-corrected chi connectivity index (χ4v) is 2.36. The molecule has 7 nitrogen and oxygen atoms in total. The van der Waals surface area contributed by atoms with Crippen LogP contribution in [0.3, 0.4) is 0 Å². The molecule has 0 saturated carbocycles. The molecule has 4 atom stereocenters. The Kier molecular flexibility index (Phi) is 6.14. The van der Waals surface area contributed by atoms with Crippen molar-refractivity contribution >= 4 is 17.8 Å². The summed E-state index contributed by atoms with van der Waals surface area (Å²) in [5, 5.41) is 11.2. The largest absolute Gasteiger partial charge is 0.480 e. The Morgan fingerprint density at radius 3 is 2.52 bits per heavy atom. The number of nitrogens with one attached hydrogen (secondary N) is 1. The predicted octanol–water partition coefficient (Wildman–Crippen LogP) is -0.0599. The first kappa shape index (κ1) is 17.4. The van der Waals surface area contributed by atoms with Crippen molar-refractivity contribution in [2.45, 2.75) is 58.2 Å². The summed E-state index contributed by atoms with van der Waals surface area (Å²) >= 11 is 0. The van der Waals surface area contributed by atoms with E-state index in [2.05, 4.69) is 5.32 Å². The molecule has 1 aliphatic heterocycles. The molecule has 0 aromatic carbocycles. The minimum atomic E-state index is -1.10. The zero-order chi connectivity index (χ0) is 16.2. The first-order chi connectivity index (χ1) is 9.79. The third-order valence-electron chi connectivity index (χ3n) is 4.11. The molecule has 0 aliphatic carbocycles. The van der Waals surface area contributed by atoms with Crippen LogP contribution in [0.1, 0.15) is 40.0 Å². The van der Waals surface area contributed by atoms with Crippen molar-refractivity contribution in [3.8, 4) is 0 Å². The SMILES string of the molecule is CCC(C)C(N)C(=O)N1CCCC1C(=O)NC(C)C(=O)O. The van der Waals surface area contributed by atoms with Crippen LogP contribution in [-0.2, 0) is 14.4 Å². The number of amides is 2. The summed E-state index contributed by atoms with van der Waals surface area (Å²) in [4.78, 5) is 36.8. The quantitative estimate of drug-likeness (QED) is 0.636. The Morgan fingerprint density at radius 2 is 2.00 bits per heavy atom. The highest BCUT2D eigenvalue weighted by molar-refractivity contribution is 5.92. The normalized spacial score (nSPS) is 22.5. The lowest BCUT2D eigenvalue weighted by Crippen LogP contribution is -2.54. The number of carbonyl (C=O) groups is 3. The zero-order valence-corrected chi connectivity index (χ0v) is 12.8. The molecule has 1 fully saturated rings. The van der Waals surface area contributed by atoms with Crippen molar-refractivity contribution in [3.05, 3.63) is 0 Å². The highest BCUT2D eigenvalue weighted by Gasteiger charge is 2.37. The number of hydrogen-bond donors (Lipinski definition) is 3. The van der Waals surface area contributed by atoms with Crippen LogP contribution < -0.4 is 11.1 Å². The standard InChI is InChI=1S/C14H25N3O4/c1-4-8(2)11(15)13(19)17-7-5-6-10(17)12(18)16-9(3)14(20)21/h8-11H,4-7,15H2,1-3H3,(H,16,18)(H,20,21). The fourth-order valence-electron chi connectivity index (χ4n) is 2.36. The fraction of sp³-hybridized carbons (Fsp3) is 0.786. The zero-order valence-electron chi connectivity index (χ0n) is 12.8. The summed E-state index contributed by atoms with van der Waals surface area (Å²) in [5.74, 6) is -1.72. The lowest BCUT2D eigenvalue weighted by molar-refractivity contribution is -0.144.